The first kappa shape index (κ1) is 33.0. The first-order valence-electron chi connectivity index (χ1n) is 15.0. The zero-order valence-corrected chi connectivity index (χ0v) is 26.3. The molecule has 0 saturated heterocycles. The highest BCUT2D eigenvalue weighted by atomic mass is 19.1. The maximum atomic E-state index is 14.9. The molecule has 2 heterocycles. The van der Waals surface area contributed by atoms with Crippen molar-refractivity contribution in [2.45, 2.75) is 65.7 Å². The molecular formula is C34H40FN5O5. The molecule has 11 heteroatoms. The molecule has 0 radical (unpaired) electrons. The summed E-state index contributed by atoms with van der Waals surface area (Å²) in [6.07, 6.45) is 4.47. The van der Waals surface area contributed by atoms with Gasteiger partial charge in [-0.05, 0) is 62.2 Å². The maximum Gasteiger partial charge on any atom is 0.324 e. The smallest absolute Gasteiger partial charge is 0.324 e. The van der Waals surface area contributed by atoms with Gasteiger partial charge in [0.2, 0.25) is 0 Å². The number of nitrogens with one attached hydrogen (secondary N) is 2. The zero-order chi connectivity index (χ0) is 32.6. The highest BCUT2D eigenvalue weighted by Gasteiger charge is 2.22. The zero-order valence-electron chi connectivity index (χ0n) is 26.3. The topological polar surface area (TPSA) is 128 Å². The fourth-order valence-electron chi connectivity index (χ4n) is 4.53. The van der Waals surface area contributed by atoms with Crippen molar-refractivity contribution < 1.29 is 28.6 Å². The molecule has 1 atom stereocenters. The summed E-state index contributed by atoms with van der Waals surface area (Å²) >= 11 is 0. The van der Waals surface area contributed by atoms with Gasteiger partial charge in [0, 0.05) is 35.5 Å². The van der Waals surface area contributed by atoms with Gasteiger partial charge in [-0.25, -0.2) is 13.9 Å². The third-order valence-corrected chi connectivity index (χ3v) is 7.08. The second-order valence-corrected chi connectivity index (χ2v) is 11.8. The van der Waals surface area contributed by atoms with Crippen LogP contribution in [0.4, 0.5) is 20.7 Å². The lowest BCUT2D eigenvalue weighted by molar-refractivity contribution is -0.142. The molecule has 2 aromatic carbocycles. The van der Waals surface area contributed by atoms with Gasteiger partial charge in [0.25, 0.3) is 0 Å². The van der Waals surface area contributed by atoms with E-state index >= 15 is 0 Å². The number of aryl methyl sites for hydroxylation is 1. The molecule has 0 spiro atoms. The second kappa shape index (κ2) is 14.7. The van der Waals surface area contributed by atoms with Crippen LogP contribution in [0.15, 0.2) is 66.9 Å². The van der Waals surface area contributed by atoms with Crippen LogP contribution in [0.5, 0.6) is 17.2 Å². The molecule has 0 fully saturated rings. The normalized spacial score (nSPS) is 12.0. The van der Waals surface area contributed by atoms with Crippen molar-refractivity contribution in [3.8, 4) is 22.9 Å². The van der Waals surface area contributed by atoms with E-state index in [1.807, 2.05) is 34.6 Å². The molecule has 4 aromatic rings. The third-order valence-electron chi connectivity index (χ3n) is 7.08. The molecular weight excluding hydrogens is 577 g/mol. The largest absolute Gasteiger partial charge is 0.494 e. The fraction of sp³-hybridized carbons (Fsp3) is 0.353. The molecule has 0 aliphatic rings. The predicted molar refractivity (Wildman–Crippen MR) is 171 cm³/mol. The summed E-state index contributed by atoms with van der Waals surface area (Å²) in [5.41, 5.74) is 1.84. The van der Waals surface area contributed by atoms with E-state index in [1.165, 1.54) is 12.1 Å². The van der Waals surface area contributed by atoms with Gasteiger partial charge >= 0.3 is 12.0 Å². The van der Waals surface area contributed by atoms with Crippen LogP contribution in [-0.2, 0) is 10.2 Å². The average molecular weight is 618 g/mol. The summed E-state index contributed by atoms with van der Waals surface area (Å²) in [6.45, 7) is 10.2. The Bertz CT molecular complexity index is 1610. The molecule has 3 N–H and O–H groups in total. The third kappa shape index (κ3) is 9.28. The predicted octanol–water partition coefficient (Wildman–Crippen LogP) is 8.11. The minimum absolute atomic E-state index is 0.0193. The number of pyridine rings is 1. The van der Waals surface area contributed by atoms with Gasteiger partial charge < -0.3 is 19.9 Å². The molecule has 0 aliphatic carbocycles. The number of carboxylic acids is 1. The van der Waals surface area contributed by atoms with Crippen LogP contribution in [0.1, 0.15) is 64.8 Å². The number of benzene rings is 2. The molecule has 0 aliphatic heterocycles. The van der Waals surface area contributed by atoms with E-state index in [-0.39, 0.29) is 23.5 Å². The number of halogens is 1. The number of aliphatic carboxylic acids is 1. The van der Waals surface area contributed by atoms with Crippen LogP contribution in [0.2, 0.25) is 0 Å². The highest BCUT2D eigenvalue weighted by molar-refractivity contribution is 5.99. The number of rotatable bonds is 13. The Morgan fingerprint density at radius 2 is 1.69 bits per heavy atom. The first-order chi connectivity index (χ1) is 21.4. The van der Waals surface area contributed by atoms with E-state index < -0.39 is 23.7 Å². The molecule has 0 bridgehead atoms. The summed E-state index contributed by atoms with van der Waals surface area (Å²) in [5, 5.41) is 19.5. The summed E-state index contributed by atoms with van der Waals surface area (Å²) < 4.78 is 28.0. The number of unbranched alkanes of at least 4 members (excludes halogenated alkanes) is 1. The minimum atomic E-state index is -0.801. The summed E-state index contributed by atoms with van der Waals surface area (Å²) in [5.74, 6) is -0.104. The van der Waals surface area contributed by atoms with Crippen molar-refractivity contribution in [3.63, 3.8) is 0 Å². The van der Waals surface area contributed by atoms with Crippen molar-refractivity contribution in [3.05, 3.63) is 84.1 Å². The Kier molecular flexibility index (Phi) is 10.8. The quantitative estimate of drug-likeness (QED) is 0.138. The number of amides is 2. The first-order valence-corrected chi connectivity index (χ1v) is 15.0. The molecule has 10 nitrogen and oxygen atoms in total. The number of nitrogens with zero attached hydrogens (tertiary/aromatic N) is 3. The van der Waals surface area contributed by atoms with Crippen LogP contribution in [0, 0.1) is 18.7 Å². The van der Waals surface area contributed by atoms with Crippen molar-refractivity contribution in [1.82, 2.24) is 14.8 Å². The van der Waals surface area contributed by atoms with Crippen LogP contribution < -0.4 is 20.1 Å². The Labute approximate surface area is 262 Å². The van der Waals surface area contributed by atoms with Gasteiger partial charge in [-0.2, -0.15) is 5.10 Å². The number of hydrogen-bond donors (Lipinski definition) is 3. The number of aromatic nitrogens is 3. The Morgan fingerprint density at radius 3 is 2.33 bits per heavy atom. The molecule has 0 saturated carbocycles. The molecule has 2 aromatic heterocycles. The van der Waals surface area contributed by atoms with Gasteiger partial charge in [-0.3, -0.25) is 15.1 Å². The lowest BCUT2D eigenvalue weighted by Crippen LogP contribution is -2.22. The minimum Gasteiger partial charge on any atom is -0.494 e. The summed E-state index contributed by atoms with van der Waals surface area (Å²) in [4.78, 5) is 28.6. The molecule has 1 unspecified atom stereocenters. The van der Waals surface area contributed by atoms with E-state index in [0.717, 1.165) is 24.2 Å². The van der Waals surface area contributed by atoms with Gasteiger partial charge in [0.15, 0.2) is 0 Å². The standard InChI is InChI=1S/C34H40FN5O5/c1-6-7-8-23(32(41)42)16-18-44-25-11-9-24(10-12-25)40-31(21-30(39-40)34(3,4)5)38-33(43)37-29-14-13-26(20-28(29)35)45-27-15-17-36-22(2)19-27/h9-15,17,19-21,23H,6-8,16,18H2,1-5H3,(H,41,42)(H2,37,38,43). The number of carbonyl (C=O) groups is 2. The van der Waals surface area contributed by atoms with Crippen molar-refractivity contribution in [2.75, 3.05) is 17.2 Å². The Morgan fingerprint density at radius 1 is 0.978 bits per heavy atom. The van der Waals surface area contributed by atoms with Crippen LogP contribution in [-0.4, -0.2) is 38.5 Å². The summed E-state index contributed by atoms with van der Waals surface area (Å²) in [7, 11) is 0. The van der Waals surface area contributed by atoms with Gasteiger partial charge in [0.1, 0.15) is 28.9 Å². The lowest BCUT2D eigenvalue weighted by Gasteiger charge is -2.14. The molecule has 238 valence electrons. The van der Waals surface area contributed by atoms with Crippen molar-refractivity contribution in [2.24, 2.45) is 5.92 Å². The number of ether oxygens (including phenoxy) is 2. The fourth-order valence-corrected chi connectivity index (χ4v) is 4.53. The average Bonchev–Trinajstić information content (AvgIpc) is 3.41. The maximum absolute atomic E-state index is 14.9. The van der Waals surface area contributed by atoms with E-state index in [0.29, 0.717) is 35.8 Å². The van der Waals surface area contributed by atoms with Crippen LogP contribution in [0.3, 0.4) is 0 Å². The number of hydrogen-bond acceptors (Lipinski definition) is 6. The number of anilines is 2. The monoisotopic (exact) mass is 617 g/mol. The summed E-state index contributed by atoms with van der Waals surface area (Å²) in [6, 6.07) is 15.9. The lowest BCUT2D eigenvalue weighted by atomic mass is 9.92. The van der Waals surface area contributed by atoms with Gasteiger partial charge in [-0.15, -0.1) is 0 Å². The molecule has 4 rings (SSSR count). The van der Waals surface area contributed by atoms with Crippen molar-refractivity contribution in [1.29, 1.82) is 0 Å². The second-order valence-electron chi connectivity index (χ2n) is 11.8. The van der Waals surface area contributed by atoms with Crippen LogP contribution >= 0.6 is 0 Å². The van der Waals surface area contributed by atoms with Crippen molar-refractivity contribution >= 4 is 23.5 Å². The number of carbonyl (C=O) groups excluding carboxylic acids is 1. The van der Waals surface area contributed by atoms with E-state index in [2.05, 4.69) is 15.6 Å². The van der Waals surface area contributed by atoms with E-state index in [9.17, 15) is 19.1 Å². The van der Waals surface area contributed by atoms with Gasteiger partial charge in [0.05, 0.1) is 29.6 Å². The van der Waals surface area contributed by atoms with E-state index in [1.54, 1.807) is 59.4 Å². The Hall–Kier alpha value is -4.93. The molecule has 45 heavy (non-hydrogen) atoms. The van der Waals surface area contributed by atoms with E-state index in [4.69, 9.17) is 14.6 Å². The van der Waals surface area contributed by atoms with Gasteiger partial charge in [-0.1, -0.05) is 40.5 Å². The number of carboxylic acid groups (broad SMARTS) is 1. The Balaban J connectivity index is 1.44. The van der Waals surface area contributed by atoms with Crippen LogP contribution in [0.25, 0.3) is 5.69 Å². The highest BCUT2D eigenvalue weighted by Crippen LogP contribution is 2.29. The molecule has 2 amide bonds. The number of urea groups is 1. The SMILES string of the molecule is CCCCC(CCOc1ccc(-n2nc(C(C)(C)C)cc2NC(=O)Nc2ccc(Oc3ccnc(C)c3)cc2F)cc1)C(=O)O.